The summed E-state index contributed by atoms with van der Waals surface area (Å²) in [6.07, 6.45) is 6.14. The average Bonchev–Trinajstić information content (AvgIpc) is 2.41. The van der Waals surface area contributed by atoms with Gasteiger partial charge >= 0.3 is 0 Å². The van der Waals surface area contributed by atoms with Crippen LogP contribution in [0.3, 0.4) is 0 Å². The van der Waals surface area contributed by atoms with E-state index < -0.39 is 0 Å². The van der Waals surface area contributed by atoms with Crippen LogP contribution in [0.5, 0.6) is 0 Å². The molecule has 96 valence electrons. The van der Waals surface area contributed by atoms with E-state index in [0.29, 0.717) is 5.25 Å². The standard InChI is InChI=1S/C16H21NS/c1-2-6-13-9-10-14(12-17)16(11-13)18-15-7-4-3-5-8-15/h3-5,7-8,13-14,16H,2,6,9-11H2,1H3. The number of nitrogens with zero attached hydrogens (tertiary/aromatic N) is 1. The van der Waals surface area contributed by atoms with Crippen molar-refractivity contribution in [3.05, 3.63) is 30.3 Å². The average molecular weight is 259 g/mol. The van der Waals surface area contributed by atoms with Crippen LogP contribution in [0.25, 0.3) is 0 Å². The zero-order chi connectivity index (χ0) is 12.8. The Bertz CT molecular complexity index is 395. The summed E-state index contributed by atoms with van der Waals surface area (Å²) in [6.45, 7) is 2.26. The molecule has 2 rings (SSSR count). The molecule has 1 aromatic rings. The minimum absolute atomic E-state index is 0.239. The number of hydrogen-bond donors (Lipinski definition) is 0. The number of benzene rings is 1. The summed E-state index contributed by atoms with van der Waals surface area (Å²) in [4.78, 5) is 1.31. The molecule has 1 aliphatic carbocycles. The molecule has 1 nitrogen and oxygen atoms in total. The fourth-order valence-electron chi connectivity index (χ4n) is 2.83. The summed E-state index contributed by atoms with van der Waals surface area (Å²) in [5, 5.41) is 9.78. The van der Waals surface area contributed by atoms with Gasteiger partial charge in [-0.3, -0.25) is 0 Å². The smallest absolute Gasteiger partial charge is 0.0667 e. The number of thioether (sulfide) groups is 1. The van der Waals surface area contributed by atoms with Crippen molar-refractivity contribution >= 4 is 11.8 Å². The fourth-order valence-corrected chi connectivity index (χ4v) is 4.23. The largest absolute Gasteiger partial charge is 0.198 e. The summed E-state index contributed by atoms with van der Waals surface area (Å²) in [6, 6.07) is 13.0. The minimum atomic E-state index is 0.239. The monoisotopic (exact) mass is 259 g/mol. The molecule has 0 N–H and O–H groups in total. The molecule has 1 aromatic carbocycles. The molecule has 1 saturated carbocycles. The van der Waals surface area contributed by atoms with Gasteiger partial charge in [0.2, 0.25) is 0 Å². The van der Waals surface area contributed by atoms with Gasteiger partial charge in [-0.2, -0.15) is 5.26 Å². The van der Waals surface area contributed by atoms with Crippen molar-refractivity contribution in [2.24, 2.45) is 11.8 Å². The van der Waals surface area contributed by atoms with Gasteiger partial charge in [-0.1, -0.05) is 38.0 Å². The summed E-state index contributed by atoms with van der Waals surface area (Å²) in [7, 11) is 0. The number of hydrogen-bond acceptors (Lipinski definition) is 2. The fraction of sp³-hybridized carbons (Fsp3) is 0.562. The third-order valence-corrected chi connectivity index (χ3v) is 5.16. The first-order chi connectivity index (χ1) is 8.83. The highest BCUT2D eigenvalue weighted by atomic mass is 32.2. The maximum atomic E-state index is 9.29. The Balaban J connectivity index is 2.00. The molecule has 1 fully saturated rings. The van der Waals surface area contributed by atoms with Crippen molar-refractivity contribution < 1.29 is 0 Å². The van der Waals surface area contributed by atoms with Crippen LogP contribution in [0.2, 0.25) is 0 Å². The topological polar surface area (TPSA) is 23.8 Å². The zero-order valence-corrected chi connectivity index (χ0v) is 11.8. The van der Waals surface area contributed by atoms with Gasteiger partial charge < -0.3 is 0 Å². The van der Waals surface area contributed by atoms with Crippen molar-refractivity contribution in [1.29, 1.82) is 5.26 Å². The summed E-state index contributed by atoms with van der Waals surface area (Å²) in [5.74, 6) is 1.07. The van der Waals surface area contributed by atoms with E-state index in [1.165, 1.54) is 30.6 Å². The molecule has 0 amide bonds. The summed E-state index contributed by atoms with van der Waals surface area (Å²) in [5.41, 5.74) is 0. The van der Waals surface area contributed by atoms with E-state index in [0.717, 1.165) is 12.3 Å². The lowest BCUT2D eigenvalue weighted by atomic mass is 9.80. The van der Waals surface area contributed by atoms with Crippen LogP contribution in [0.1, 0.15) is 39.0 Å². The van der Waals surface area contributed by atoms with E-state index in [2.05, 4.69) is 37.3 Å². The quantitative estimate of drug-likeness (QED) is 0.769. The molecule has 3 atom stereocenters. The molecule has 2 heteroatoms. The van der Waals surface area contributed by atoms with Crippen molar-refractivity contribution in [1.82, 2.24) is 0 Å². The lowest BCUT2D eigenvalue weighted by Gasteiger charge is -2.32. The first kappa shape index (κ1) is 13.5. The second-order valence-electron chi connectivity index (χ2n) is 5.17. The highest BCUT2D eigenvalue weighted by molar-refractivity contribution is 8.00. The first-order valence-electron chi connectivity index (χ1n) is 6.94. The van der Waals surface area contributed by atoms with E-state index in [1.54, 1.807) is 0 Å². The Morgan fingerprint density at radius 1 is 1.28 bits per heavy atom. The molecule has 0 aromatic heterocycles. The van der Waals surface area contributed by atoms with Crippen LogP contribution < -0.4 is 0 Å². The van der Waals surface area contributed by atoms with Crippen molar-refractivity contribution in [3.63, 3.8) is 0 Å². The van der Waals surface area contributed by atoms with E-state index in [-0.39, 0.29) is 5.92 Å². The lowest BCUT2D eigenvalue weighted by Crippen LogP contribution is -2.26. The Kier molecular flexibility index (Phi) is 5.13. The van der Waals surface area contributed by atoms with Gasteiger partial charge in [0, 0.05) is 10.1 Å². The van der Waals surface area contributed by atoms with Gasteiger partial charge in [0.1, 0.15) is 0 Å². The molecular weight excluding hydrogens is 238 g/mol. The van der Waals surface area contributed by atoms with Gasteiger partial charge in [0.25, 0.3) is 0 Å². The van der Waals surface area contributed by atoms with Gasteiger partial charge in [-0.15, -0.1) is 11.8 Å². The van der Waals surface area contributed by atoms with Crippen molar-refractivity contribution in [2.45, 2.75) is 49.2 Å². The molecule has 18 heavy (non-hydrogen) atoms. The van der Waals surface area contributed by atoms with E-state index >= 15 is 0 Å². The minimum Gasteiger partial charge on any atom is -0.198 e. The normalized spacial score (nSPS) is 27.7. The first-order valence-corrected chi connectivity index (χ1v) is 7.82. The highest BCUT2D eigenvalue weighted by Gasteiger charge is 2.30. The van der Waals surface area contributed by atoms with Crippen LogP contribution in [-0.2, 0) is 0 Å². The predicted octanol–water partition coefficient (Wildman–Crippen LogP) is 4.89. The third kappa shape index (κ3) is 3.53. The second kappa shape index (κ2) is 6.85. The molecule has 0 spiro atoms. The lowest BCUT2D eigenvalue weighted by molar-refractivity contribution is 0.307. The maximum absolute atomic E-state index is 9.29. The SMILES string of the molecule is CCCC1CCC(C#N)C(Sc2ccccc2)C1. The Hall–Kier alpha value is -0.940. The summed E-state index contributed by atoms with van der Waals surface area (Å²) < 4.78 is 0. The van der Waals surface area contributed by atoms with E-state index in [9.17, 15) is 5.26 Å². The molecule has 0 aliphatic heterocycles. The molecule has 0 saturated heterocycles. The van der Waals surface area contributed by atoms with Gasteiger partial charge in [-0.05, 0) is 37.3 Å². The van der Waals surface area contributed by atoms with Crippen LogP contribution in [0.15, 0.2) is 35.2 Å². The van der Waals surface area contributed by atoms with Crippen LogP contribution >= 0.6 is 11.8 Å². The van der Waals surface area contributed by atoms with Crippen LogP contribution in [0.4, 0.5) is 0 Å². The third-order valence-electron chi connectivity index (χ3n) is 3.79. The van der Waals surface area contributed by atoms with Gasteiger partial charge in [-0.25, -0.2) is 0 Å². The number of rotatable bonds is 4. The van der Waals surface area contributed by atoms with E-state index in [4.69, 9.17) is 0 Å². The molecular formula is C16H21NS. The van der Waals surface area contributed by atoms with Crippen molar-refractivity contribution in [3.8, 4) is 6.07 Å². The number of nitriles is 1. The molecule has 1 aliphatic rings. The second-order valence-corrected chi connectivity index (χ2v) is 6.49. The van der Waals surface area contributed by atoms with Crippen LogP contribution in [0, 0.1) is 23.2 Å². The molecule has 0 heterocycles. The Morgan fingerprint density at radius 3 is 2.72 bits per heavy atom. The Morgan fingerprint density at radius 2 is 2.06 bits per heavy atom. The maximum Gasteiger partial charge on any atom is 0.0667 e. The molecule has 0 radical (unpaired) electrons. The van der Waals surface area contributed by atoms with Crippen molar-refractivity contribution in [2.75, 3.05) is 0 Å². The molecule has 3 unspecified atom stereocenters. The van der Waals surface area contributed by atoms with Gasteiger partial charge in [0.05, 0.1) is 12.0 Å². The highest BCUT2D eigenvalue weighted by Crippen LogP contribution is 2.40. The van der Waals surface area contributed by atoms with E-state index in [1.807, 2.05) is 17.8 Å². The zero-order valence-electron chi connectivity index (χ0n) is 11.0. The predicted molar refractivity (Wildman–Crippen MR) is 77.4 cm³/mol. The molecule has 0 bridgehead atoms. The van der Waals surface area contributed by atoms with Crippen LogP contribution in [-0.4, -0.2) is 5.25 Å². The Labute approximate surface area is 115 Å². The summed E-state index contributed by atoms with van der Waals surface area (Å²) >= 11 is 1.90. The van der Waals surface area contributed by atoms with Gasteiger partial charge in [0.15, 0.2) is 0 Å².